The molecule has 0 unspecified atom stereocenters. The number of hydrogen-bond acceptors (Lipinski definition) is 4. The molecule has 0 aliphatic carbocycles. The zero-order valence-corrected chi connectivity index (χ0v) is 12.1. The summed E-state index contributed by atoms with van der Waals surface area (Å²) in [4.78, 5) is 21.3. The molecule has 0 fully saturated rings. The molecule has 6 nitrogen and oxygen atoms in total. The summed E-state index contributed by atoms with van der Waals surface area (Å²) in [5.41, 5.74) is -0.00139. The summed E-state index contributed by atoms with van der Waals surface area (Å²) in [6.07, 6.45) is 1.85. The van der Waals surface area contributed by atoms with E-state index in [-0.39, 0.29) is 17.3 Å². The van der Waals surface area contributed by atoms with E-state index in [1.807, 2.05) is 0 Å². The van der Waals surface area contributed by atoms with Gasteiger partial charge in [0.25, 0.3) is 5.69 Å². The van der Waals surface area contributed by atoms with Crippen LogP contribution in [0.2, 0.25) is 0 Å². The minimum atomic E-state index is -0.545. The minimum Gasteiger partial charge on any atom is -0.493 e. The van der Waals surface area contributed by atoms with E-state index in [1.54, 1.807) is 6.07 Å². The lowest BCUT2D eigenvalue weighted by Crippen LogP contribution is -2.08. The number of nitro benzene ring substituents is 1. The van der Waals surface area contributed by atoms with Crippen molar-refractivity contribution in [3.8, 4) is 5.75 Å². The van der Waals surface area contributed by atoms with Crippen molar-refractivity contribution in [2.24, 2.45) is 0 Å². The van der Waals surface area contributed by atoms with Gasteiger partial charge in [-0.05, 0) is 25.0 Å². The molecular weight excluding hydrogens is 316 g/mol. The largest absolute Gasteiger partial charge is 0.493 e. The number of benzene rings is 1. The van der Waals surface area contributed by atoms with E-state index in [1.165, 1.54) is 19.1 Å². The van der Waals surface area contributed by atoms with E-state index in [0.29, 0.717) is 12.4 Å². The van der Waals surface area contributed by atoms with Crippen LogP contribution in [0.15, 0.2) is 18.2 Å². The highest BCUT2D eigenvalue weighted by Crippen LogP contribution is 2.29. The number of amides is 1. The highest BCUT2D eigenvalue weighted by atomic mass is 79.9. The average Bonchev–Trinajstić information content (AvgIpc) is 2.35. The number of carbonyl (C=O) groups excluding carboxylic acids is 1. The third kappa shape index (κ3) is 5.25. The molecule has 0 heterocycles. The second kappa shape index (κ2) is 7.73. The SMILES string of the molecule is CC(=O)Nc1ccc(OCCCCBr)cc1[N+](=O)[O-]. The summed E-state index contributed by atoms with van der Waals surface area (Å²) in [5.74, 6) is 0.0736. The Bertz CT molecular complexity index is 465. The first-order valence-corrected chi connectivity index (χ1v) is 6.91. The number of carbonyl (C=O) groups is 1. The van der Waals surface area contributed by atoms with Crippen LogP contribution in [-0.4, -0.2) is 22.8 Å². The van der Waals surface area contributed by atoms with Gasteiger partial charge in [0, 0.05) is 12.3 Å². The number of nitro groups is 1. The van der Waals surface area contributed by atoms with Gasteiger partial charge in [0.1, 0.15) is 11.4 Å². The maximum atomic E-state index is 10.9. The van der Waals surface area contributed by atoms with Crippen LogP contribution >= 0.6 is 15.9 Å². The summed E-state index contributed by atoms with van der Waals surface area (Å²) in [7, 11) is 0. The fourth-order valence-corrected chi connectivity index (χ4v) is 1.83. The molecular formula is C12H15BrN2O4. The molecule has 1 amide bonds. The second-order valence-electron chi connectivity index (χ2n) is 3.86. The van der Waals surface area contributed by atoms with E-state index in [0.717, 1.165) is 18.2 Å². The fraction of sp³-hybridized carbons (Fsp3) is 0.417. The van der Waals surface area contributed by atoms with Crippen molar-refractivity contribution in [2.75, 3.05) is 17.3 Å². The third-order valence-electron chi connectivity index (χ3n) is 2.27. The number of hydrogen-bond donors (Lipinski definition) is 1. The van der Waals surface area contributed by atoms with Crippen LogP contribution in [0.5, 0.6) is 5.75 Å². The number of anilines is 1. The Morgan fingerprint density at radius 2 is 2.21 bits per heavy atom. The molecule has 0 aliphatic heterocycles. The van der Waals surface area contributed by atoms with E-state index in [4.69, 9.17) is 4.74 Å². The smallest absolute Gasteiger partial charge is 0.296 e. The Kier molecular flexibility index (Phi) is 6.27. The summed E-state index contributed by atoms with van der Waals surface area (Å²) < 4.78 is 5.42. The van der Waals surface area contributed by atoms with Crippen molar-refractivity contribution in [1.29, 1.82) is 0 Å². The van der Waals surface area contributed by atoms with Crippen LogP contribution in [0.1, 0.15) is 19.8 Å². The standard InChI is InChI=1S/C12H15BrN2O4/c1-9(16)14-11-5-4-10(8-12(11)15(17)18)19-7-3-2-6-13/h4-5,8H,2-3,6-7H2,1H3,(H,14,16). The normalized spacial score (nSPS) is 10.0. The summed E-state index contributed by atoms with van der Waals surface area (Å²) in [6, 6.07) is 4.39. The molecule has 0 atom stereocenters. The van der Waals surface area contributed by atoms with Gasteiger partial charge < -0.3 is 10.1 Å². The monoisotopic (exact) mass is 330 g/mol. The molecule has 1 aromatic rings. The summed E-state index contributed by atoms with van der Waals surface area (Å²) in [6.45, 7) is 1.80. The van der Waals surface area contributed by atoms with Crippen molar-refractivity contribution in [1.82, 2.24) is 0 Å². The lowest BCUT2D eigenvalue weighted by molar-refractivity contribution is -0.384. The van der Waals surface area contributed by atoms with E-state index in [9.17, 15) is 14.9 Å². The van der Waals surface area contributed by atoms with Crippen LogP contribution in [0.25, 0.3) is 0 Å². The van der Waals surface area contributed by atoms with Gasteiger partial charge in [-0.3, -0.25) is 14.9 Å². The van der Waals surface area contributed by atoms with Gasteiger partial charge in [-0.15, -0.1) is 0 Å². The van der Waals surface area contributed by atoms with Crippen molar-refractivity contribution in [3.05, 3.63) is 28.3 Å². The Morgan fingerprint density at radius 1 is 1.47 bits per heavy atom. The van der Waals surface area contributed by atoms with Gasteiger partial charge in [-0.1, -0.05) is 15.9 Å². The zero-order valence-electron chi connectivity index (χ0n) is 10.5. The molecule has 1 aromatic carbocycles. The van der Waals surface area contributed by atoms with Crippen molar-refractivity contribution in [3.63, 3.8) is 0 Å². The van der Waals surface area contributed by atoms with Crippen LogP contribution in [0.3, 0.4) is 0 Å². The van der Waals surface area contributed by atoms with Crippen molar-refractivity contribution >= 4 is 33.2 Å². The van der Waals surface area contributed by atoms with Gasteiger partial charge in [-0.25, -0.2) is 0 Å². The number of nitrogens with one attached hydrogen (secondary N) is 1. The molecule has 0 aliphatic rings. The van der Waals surface area contributed by atoms with Crippen molar-refractivity contribution < 1.29 is 14.5 Å². The highest BCUT2D eigenvalue weighted by Gasteiger charge is 2.16. The molecule has 0 aromatic heterocycles. The van der Waals surface area contributed by atoms with E-state index >= 15 is 0 Å². The molecule has 1 rings (SSSR count). The van der Waals surface area contributed by atoms with Gasteiger partial charge >= 0.3 is 0 Å². The first-order chi connectivity index (χ1) is 9.04. The number of unbranched alkanes of at least 4 members (excludes halogenated alkanes) is 1. The first kappa shape index (κ1) is 15.4. The minimum absolute atomic E-state index is 0.172. The molecule has 0 bridgehead atoms. The molecule has 7 heteroatoms. The van der Waals surface area contributed by atoms with Crippen molar-refractivity contribution in [2.45, 2.75) is 19.8 Å². The molecule has 19 heavy (non-hydrogen) atoms. The predicted octanol–water partition coefficient (Wildman–Crippen LogP) is 3.11. The maximum absolute atomic E-state index is 10.9. The number of ether oxygens (including phenoxy) is 1. The van der Waals surface area contributed by atoms with E-state index in [2.05, 4.69) is 21.2 Å². The Labute approximate surface area is 119 Å². The zero-order chi connectivity index (χ0) is 14.3. The lowest BCUT2D eigenvalue weighted by Gasteiger charge is -2.08. The van der Waals surface area contributed by atoms with Gasteiger partial charge in [0.2, 0.25) is 5.91 Å². The Hall–Kier alpha value is -1.63. The number of nitrogens with zero attached hydrogens (tertiary/aromatic N) is 1. The maximum Gasteiger partial charge on any atom is 0.296 e. The van der Waals surface area contributed by atoms with E-state index < -0.39 is 4.92 Å². The molecule has 0 spiro atoms. The van der Waals surface area contributed by atoms with Gasteiger partial charge in [0.15, 0.2) is 0 Å². The van der Waals surface area contributed by atoms with Gasteiger partial charge in [0.05, 0.1) is 17.6 Å². The van der Waals surface area contributed by atoms with Gasteiger partial charge in [-0.2, -0.15) is 0 Å². The van der Waals surface area contributed by atoms with Crippen LogP contribution < -0.4 is 10.1 Å². The molecule has 1 N–H and O–H groups in total. The Balaban J connectivity index is 2.78. The van der Waals surface area contributed by atoms with Crippen LogP contribution in [-0.2, 0) is 4.79 Å². The highest BCUT2D eigenvalue weighted by molar-refractivity contribution is 9.09. The van der Waals surface area contributed by atoms with Crippen LogP contribution in [0.4, 0.5) is 11.4 Å². The molecule has 0 radical (unpaired) electrons. The number of alkyl halides is 1. The molecule has 104 valence electrons. The third-order valence-corrected chi connectivity index (χ3v) is 2.83. The second-order valence-corrected chi connectivity index (χ2v) is 4.65. The topological polar surface area (TPSA) is 81.5 Å². The van der Waals surface area contributed by atoms with Crippen LogP contribution in [0, 0.1) is 10.1 Å². The number of rotatable bonds is 7. The fourth-order valence-electron chi connectivity index (χ4n) is 1.43. The Morgan fingerprint density at radius 3 is 2.79 bits per heavy atom. The number of halogens is 1. The summed E-state index contributed by atoms with van der Waals surface area (Å²) >= 11 is 3.31. The quantitative estimate of drug-likeness (QED) is 0.360. The predicted molar refractivity (Wildman–Crippen MR) is 75.9 cm³/mol. The first-order valence-electron chi connectivity index (χ1n) is 5.79. The molecule has 0 saturated heterocycles. The summed E-state index contributed by atoms with van der Waals surface area (Å²) in [5, 5.41) is 14.2. The lowest BCUT2D eigenvalue weighted by atomic mass is 10.2. The molecule has 0 saturated carbocycles. The average molecular weight is 331 g/mol.